The first kappa shape index (κ1) is 14.3. The molecule has 2 rings (SSSR count). The topological polar surface area (TPSA) is 62.8 Å². The Hall–Kier alpha value is -1.08. The first-order valence-electron chi connectivity index (χ1n) is 5.81. The number of aromatic nitrogens is 3. The molecule has 7 heteroatoms. The van der Waals surface area contributed by atoms with Crippen molar-refractivity contribution in [2.24, 2.45) is 0 Å². The number of H-pyrrole nitrogens is 1. The van der Waals surface area contributed by atoms with E-state index in [0.717, 1.165) is 33.7 Å². The maximum Gasteiger partial charge on any atom is 0.188 e. The number of rotatable bonds is 7. The van der Waals surface area contributed by atoms with Crippen molar-refractivity contribution in [2.45, 2.75) is 16.6 Å². The SMILES string of the molecule is COCCNCc1cc(Cl)ccc1Sc1ncn[nH]1. The molecule has 0 amide bonds. The van der Waals surface area contributed by atoms with Crippen LogP contribution in [0.3, 0.4) is 0 Å². The van der Waals surface area contributed by atoms with Crippen LogP contribution in [0, 0.1) is 0 Å². The lowest BCUT2D eigenvalue weighted by Gasteiger charge is -2.09. The number of methoxy groups -OCH3 is 1. The van der Waals surface area contributed by atoms with Crippen molar-refractivity contribution in [1.82, 2.24) is 20.5 Å². The maximum absolute atomic E-state index is 6.04. The monoisotopic (exact) mass is 298 g/mol. The summed E-state index contributed by atoms with van der Waals surface area (Å²) < 4.78 is 5.00. The largest absolute Gasteiger partial charge is 0.383 e. The molecule has 1 heterocycles. The minimum absolute atomic E-state index is 0.686. The van der Waals surface area contributed by atoms with Gasteiger partial charge in [-0.25, -0.2) is 4.98 Å². The molecule has 0 saturated heterocycles. The Morgan fingerprint density at radius 3 is 3.11 bits per heavy atom. The van der Waals surface area contributed by atoms with Gasteiger partial charge in [-0.05, 0) is 23.8 Å². The number of nitrogens with one attached hydrogen (secondary N) is 2. The van der Waals surface area contributed by atoms with Crippen LogP contribution in [0.15, 0.2) is 34.6 Å². The molecule has 1 aromatic carbocycles. The summed E-state index contributed by atoms with van der Waals surface area (Å²) in [5, 5.41) is 11.5. The fraction of sp³-hybridized carbons (Fsp3) is 0.333. The smallest absolute Gasteiger partial charge is 0.188 e. The summed E-state index contributed by atoms with van der Waals surface area (Å²) in [5.41, 5.74) is 1.13. The highest BCUT2D eigenvalue weighted by Gasteiger charge is 2.07. The molecule has 0 unspecified atom stereocenters. The fourth-order valence-corrected chi connectivity index (χ4v) is 2.53. The van der Waals surface area contributed by atoms with Crippen molar-refractivity contribution in [3.05, 3.63) is 35.1 Å². The van der Waals surface area contributed by atoms with Crippen molar-refractivity contribution in [2.75, 3.05) is 20.3 Å². The van der Waals surface area contributed by atoms with Crippen LogP contribution in [0.5, 0.6) is 0 Å². The average Bonchev–Trinajstić information content (AvgIpc) is 2.90. The Labute approximate surface area is 121 Å². The van der Waals surface area contributed by atoms with Gasteiger partial charge in [0.15, 0.2) is 5.16 Å². The quantitative estimate of drug-likeness (QED) is 0.768. The Kier molecular flexibility index (Phi) is 5.65. The summed E-state index contributed by atoms with van der Waals surface area (Å²) in [4.78, 5) is 5.21. The maximum atomic E-state index is 6.04. The van der Waals surface area contributed by atoms with E-state index < -0.39 is 0 Å². The second kappa shape index (κ2) is 7.49. The molecule has 0 spiro atoms. The summed E-state index contributed by atoms with van der Waals surface area (Å²) in [6, 6.07) is 5.82. The van der Waals surface area contributed by atoms with Crippen LogP contribution in [0.25, 0.3) is 0 Å². The van der Waals surface area contributed by atoms with E-state index in [4.69, 9.17) is 16.3 Å². The van der Waals surface area contributed by atoms with Crippen LogP contribution >= 0.6 is 23.4 Å². The van der Waals surface area contributed by atoms with E-state index in [0.29, 0.717) is 6.61 Å². The summed E-state index contributed by atoms with van der Waals surface area (Å²) >= 11 is 7.58. The van der Waals surface area contributed by atoms with Crippen molar-refractivity contribution < 1.29 is 4.74 Å². The molecule has 19 heavy (non-hydrogen) atoms. The van der Waals surface area contributed by atoms with Gasteiger partial charge in [-0.1, -0.05) is 23.4 Å². The van der Waals surface area contributed by atoms with Gasteiger partial charge < -0.3 is 10.1 Å². The second-order valence-corrected chi connectivity index (χ2v) is 5.28. The number of aromatic amines is 1. The van der Waals surface area contributed by atoms with Crippen molar-refractivity contribution in [3.8, 4) is 0 Å². The molecule has 0 aliphatic rings. The zero-order chi connectivity index (χ0) is 13.5. The molecule has 0 atom stereocenters. The van der Waals surface area contributed by atoms with Gasteiger partial charge >= 0.3 is 0 Å². The van der Waals surface area contributed by atoms with Gasteiger partial charge in [-0.2, -0.15) is 5.10 Å². The van der Waals surface area contributed by atoms with E-state index in [1.807, 2.05) is 18.2 Å². The molecule has 5 nitrogen and oxygen atoms in total. The lowest BCUT2D eigenvalue weighted by molar-refractivity contribution is 0.199. The first-order valence-corrected chi connectivity index (χ1v) is 7.00. The van der Waals surface area contributed by atoms with Crippen LogP contribution in [0.2, 0.25) is 5.02 Å². The van der Waals surface area contributed by atoms with E-state index in [9.17, 15) is 0 Å². The third-order valence-electron chi connectivity index (χ3n) is 2.42. The molecule has 2 aromatic rings. The number of hydrogen-bond acceptors (Lipinski definition) is 5. The number of halogens is 1. The summed E-state index contributed by atoms with van der Waals surface area (Å²) in [6.45, 7) is 2.22. The van der Waals surface area contributed by atoms with Crippen molar-refractivity contribution in [1.29, 1.82) is 0 Å². The third kappa shape index (κ3) is 4.50. The molecule has 0 bridgehead atoms. The molecule has 0 saturated carbocycles. The van der Waals surface area contributed by atoms with Gasteiger partial charge in [0.25, 0.3) is 0 Å². The second-order valence-electron chi connectivity index (χ2n) is 3.81. The molecule has 0 fully saturated rings. The lowest BCUT2D eigenvalue weighted by atomic mass is 10.2. The highest BCUT2D eigenvalue weighted by atomic mass is 35.5. The summed E-state index contributed by atoms with van der Waals surface area (Å²) in [5.74, 6) is 0. The minimum Gasteiger partial charge on any atom is -0.383 e. The Balaban J connectivity index is 2.04. The first-order chi connectivity index (χ1) is 9.29. The molecule has 0 aliphatic carbocycles. The molecule has 0 aliphatic heterocycles. The number of benzene rings is 1. The number of nitrogens with zero attached hydrogens (tertiary/aromatic N) is 2. The Morgan fingerprint density at radius 1 is 1.47 bits per heavy atom. The highest BCUT2D eigenvalue weighted by molar-refractivity contribution is 7.99. The number of hydrogen-bond donors (Lipinski definition) is 2. The van der Waals surface area contributed by atoms with Gasteiger partial charge in [0.2, 0.25) is 0 Å². The molecule has 0 radical (unpaired) electrons. The van der Waals surface area contributed by atoms with E-state index in [1.54, 1.807) is 7.11 Å². The zero-order valence-electron chi connectivity index (χ0n) is 10.5. The summed E-state index contributed by atoms with van der Waals surface area (Å²) in [7, 11) is 1.69. The summed E-state index contributed by atoms with van der Waals surface area (Å²) in [6.07, 6.45) is 1.49. The predicted octanol–water partition coefficient (Wildman–Crippen LogP) is 2.35. The van der Waals surface area contributed by atoms with E-state index >= 15 is 0 Å². The highest BCUT2D eigenvalue weighted by Crippen LogP contribution is 2.29. The van der Waals surface area contributed by atoms with Crippen LogP contribution in [0.1, 0.15) is 5.56 Å². The van der Waals surface area contributed by atoms with Gasteiger partial charge in [0.05, 0.1) is 6.61 Å². The predicted molar refractivity (Wildman–Crippen MR) is 75.5 cm³/mol. The Morgan fingerprint density at radius 2 is 2.37 bits per heavy atom. The molecular weight excluding hydrogens is 284 g/mol. The van der Waals surface area contributed by atoms with Crippen molar-refractivity contribution >= 4 is 23.4 Å². The molecular formula is C12H15ClN4OS. The van der Waals surface area contributed by atoms with E-state index in [1.165, 1.54) is 18.1 Å². The fourth-order valence-electron chi connectivity index (χ4n) is 1.53. The van der Waals surface area contributed by atoms with Gasteiger partial charge in [0.1, 0.15) is 6.33 Å². The van der Waals surface area contributed by atoms with Crippen LogP contribution in [-0.4, -0.2) is 35.4 Å². The van der Waals surface area contributed by atoms with Crippen molar-refractivity contribution in [3.63, 3.8) is 0 Å². The van der Waals surface area contributed by atoms with E-state index in [2.05, 4.69) is 20.5 Å². The average molecular weight is 299 g/mol. The molecule has 1 aromatic heterocycles. The van der Waals surface area contributed by atoms with Crippen LogP contribution < -0.4 is 5.32 Å². The van der Waals surface area contributed by atoms with E-state index in [-0.39, 0.29) is 0 Å². The zero-order valence-corrected chi connectivity index (χ0v) is 12.1. The Bertz CT molecular complexity index is 506. The minimum atomic E-state index is 0.686. The number of ether oxygens (including phenoxy) is 1. The van der Waals surface area contributed by atoms with Crippen LogP contribution in [-0.2, 0) is 11.3 Å². The van der Waals surface area contributed by atoms with Gasteiger partial charge in [-0.3, -0.25) is 5.10 Å². The standard InChI is InChI=1S/C12H15ClN4OS/c1-18-5-4-14-7-9-6-10(13)2-3-11(9)19-12-15-8-16-17-12/h2-3,6,8,14H,4-5,7H2,1H3,(H,15,16,17). The van der Waals surface area contributed by atoms with Gasteiger partial charge in [0, 0.05) is 30.1 Å². The molecule has 2 N–H and O–H groups in total. The lowest BCUT2D eigenvalue weighted by Crippen LogP contribution is -2.18. The normalized spacial score (nSPS) is 10.8. The van der Waals surface area contributed by atoms with Crippen LogP contribution in [0.4, 0.5) is 0 Å². The molecule has 102 valence electrons. The van der Waals surface area contributed by atoms with Gasteiger partial charge in [-0.15, -0.1) is 0 Å². The third-order valence-corrected chi connectivity index (χ3v) is 3.66.